The molecule has 2 aromatic rings. The maximum Gasteiger partial charge on any atom is 0.412 e. The Morgan fingerprint density at radius 2 is 1.62 bits per heavy atom. The normalized spacial score (nSPS) is 15.8. The van der Waals surface area contributed by atoms with E-state index in [0.717, 1.165) is 37.1 Å². The summed E-state index contributed by atoms with van der Waals surface area (Å²) in [6, 6.07) is 14.1. The predicted molar refractivity (Wildman–Crippen MR) is 146 cm³/mol. The van der Waals surface area contributed by atoms with Crippen molar-refractivity contribution in [2.75, 3.05) is 30.8 Å². The quantitative estimate of drug-likeness (QED) is 0.402. The minimum absolute atomic E-state index is 0.367. The minimum atomic E-state index is -0.805. The molecule has 1 heterocycles. The molecular formula is C29H37N3O5. The first-order valence-electron chi connectivity index (χ1n) is 12.6. The molecule has 1 atom stereocenters. The van der Waals surface area contributed by atoms with Crippen LogP contribution in [0.1, 0.15) is 57.1 Å². The highest BCUT2D eigenvalue weighted by molar-refractivity contribution is 6.05. The molecule has 198 valence electrons. The van der Waals surface area contributed by atoms with E-state index in [0.29, 0.717) is 23.7 Å². The number of likely N-dealkylation sites (tertiary alicyclic amines) is 1. The number of rotatable bonds is 8. The molecule has 0 bridgehead atoms. The van der Waals surface area contributed by atoms with E-state index in [1.807, 2.05) is 24.3 Å². The molecule has 0 spiro atoms. The number of carbonyl (C=O) groups is 3. The molecule has 37 heavy (non-hydrogen) atoms. The number of aliphatic carboxylic acids is 1. The summed E-state index contributed by atoms with van der Waals surface area (Å²) in [6.07, 6.45) is 5.12. The second-order valence-corrected chi connectivity index (χ2v) is 10.5. The van der Waals surface area contributed by atoms with Crippen molar-refractivity contribution < 1.29 is 24.2 Å². The van der Waals surface area contributed by atoms with E-state index in [4.69, 9.17) is 4.74 Å². The van der Waals surface area contributed by atoms with Gasteiger partial charge in [-0.25, -0.2) is 4.79 Å². The van der Waals surface area contributed by atoms with E-state index in [-0.39, 0.29) is 5.91 Å². The Bertz CT molecular complexity index is 1110. The number of nitrogens with one attached hydrogen (secondary N) is 2. The third kappa shape index (κ3) is 9.06. The second kappa shape index (κ2) is 12.5. The zero-order valence-corrected chi connectivity index (χ0v) is 22.0. The number of benzene rings is 2. The molecule has 3 N–H and O–H groups in total. The van der Waals surface area contributed by atoms with Crippen molar-refractivity contribution in [2.24, 2.45) is 5.92 Å². The average molecular weight is 508 g/mol. The average Bonchev–Trinajstić information content (AvgIpc) is 2.82. The molecule has 8 heteroatoms. The van der Waals surface area contributed by atoms with Gasteiger partial charge in [0.25, 0.3) is 0 Å². The van der Waals surface area contributed by atoms with Crippen LogP contribution in [0, 0.1) is 5.92 Å². The molecule has 3 rings (SSSR count). The molecule has 0 radical (unpaired) electrons. The van der Waals surface area contributed by atoms with Crippen molar-refractivity contribution in [1.29, 1.82) is 0 Å². The molecule has 1 fully saturated rings. The number of para-hydroxylation sites is 2. The zero-order valence-electron chi connectivity index (χ0n) is 22.0. The van der Waals surface area contributed by atoms with E-state index in [2.05, 4.69) is 22.6 Å². The van der Waals surface area contributed by atoms with Crippen molar-refractivity contribution in [3.63, 3.8) is 0 Å². The molecule has 1 saturated heterocycles. The summed E-state index contributed by atoms with van der Waals surface area (Å²) in [5.41, 5.74) is 1.78. The van der Waals surface area contributed by atoms with Gasteiger partial charge in [-0.1, -0.05) is 36.4 Å². The van der Waals surface area contributed by atoms with Crippen LogP contribution in [0.5, 0.6) is 0 Å². The van der Waals surface area contributed by atoms with Crippen molar-refractivity contribution in [3.8, 4) is 0 Å². The van der Waals surface area contributed by atoms with Crippen LogP contribution in [0.3, 0.4) is 0 Å². The van der Waals surface area contributed by atoms with E-state index in [1.165, 1.54) is 6.08 Å². The summed E-state index contributed by atoms with van der Waals surface area (Å²) in [5.74, 6) is -1.30. The largest absolute Gasteiger partial charge is 0.481 e. The standard InChI is InChI=1S/C29H37N3O5/c1-29(2,3)37-28(36)31-25-8-6-5-7-24(25)30-26(33)14-11-20-9-12-22(13-10-20)23(27(34)35)19-21-15-17-32(4)18-16-21/h5-14,21,23H,15-19H2,1-4H3,(H,30,33)(H,31,36)(H,34,35)/b14-11+. The van der Waals surface area contributed by atoms with Crippen LogP contribution in [-0.4, -0.2) is 53.7 Å². The molecular weight excluding hydrogens is 470 g/mol. The Kier molecular flexibility index (Phi) is 9.47. The van der Waals surface area contributed by atoms with Gasteiger partial charge in [-0.05, 0) is 95.4 Å². The number of piperidine rings is 1. The van der Waals surface area contributed by atoms with E-state index in [9.17, 15) is 19.5 Å². The first-order valence-corrected chi connectivity index (χ1v) is 12.6. The van der Waals surface area contributed by atoms with Crippen LogP contribution in [0.15, 0.2) is 54.6 Å². The molecule has 2 aromatic carbocycles. The molecule has 0 aliphatic carbocycles. The highest BCUT2D eigenvalue weighted by Crippen LogP contribution is 2.30. The van der Waals surface area contributed by atoms with Gasteiger partial charge in [0.1, 0.15) is 5.60 Å². The Morgan fingerprint density at radius 3 is 2.19 bits per heavy atom. The number of carbonyl (C=O) groups excluding carboxylic acids is 2. The van der Waals surface area contributed by atoms with Crippen LogP contribution in [0.25, 0.3) is 6.08 Å². The van der Waals surface area contributed by atoms with Crippen LogP contribution in [-0.2, 0) is 14.3 Å². The van der Waals surface area contributed by atoms with Gasteiger partial charge in [-0.2, -0.15) is 0 Å². The van der Waals surface area contributed by atoms with Gasteiger partial charge < -0.3 is 20.1 Å². The SMILES string of the molecule is CN1CCC(CC(C(=O)O)c2ccc(/C=C/C(=O)Nc3ccccc3NC(=O)OC(C)(C)C)cc2)CC1. The molecule has 1 aliphatic rings. The first kappa shape index (κ1) is 27.9. The van der Waals surface area contributed by atoms with Crippen molar-refractivity contribution >= 4 is 35.4 Å². The number of anilines is 2. The first-order chi connectivity index (χ1) is 17.5. The van der Waals surface area contributed by atoms with Gasteiger partial charge in [0.05, 0.1) is 17.3 Å². The summed E-state index contributed by atoms with van der Waals surface area (Å²) < 4.78 is 5.28. The minimum Gasteiger partial charge on any atom is -0.481 e. The van der Waals surface area contributed by atoms with Crippen LogP contribution in [0.2, 0.25) is 0 Å². The van der Waals surface area contributed by atoms with Crippen molar-refractivity contribution in [2.45, 2.75) is 51.6 Å². The third-order valence-corrected chi connectivity index (χ3v) is 6.29. The Balaban J connectivity index is 1.60. The summed E-state index contributed by atoms with van der Waals surface area (Å²) in [5, 5.41) is 15.2. The van der Waals surface area contributed by atoms with Gasteiger partial charge in [0, 0.05) is 6.08 Å². The van der Waals surface area contributed by atoms with Gasteiger partial charge in [0.15, 0.2) is 0 Å². The highest BCUT2D eigenvalue weighted by atomic mass is 16.6. The van der Waals surface area contributed by atoms with Crippen LogP contribution in [0.4, 0.5) is 16.2 Å². The summed E-state index contributed by atoms with van der Waals surface area (Å²) in [6.45, 7) is 7.33. The summed E-state index contributed by atoms with van der Waals surface area (Å²) >= 11 is 0. The second-order valence-electron chi connectivity index (χ2n) is 10.5. The third-order valence-electron chi connectivity index (χ3n) is 6.29. The van der Waals surface area contributed by atoms with E-state index in [1.54, 1.807) is 51.1 Å². The Morgan fingerprint density at radius 1 is 1.03 bits per heavy atom. The molecule has 0 aromatic heterocycles. The molecule has 1 unspecified atom stereocenters. The summed E-state index contributed by atoms with van der Waals surface area (Å²) in [4.78, 5) is 38.9. The monoisotopic (exact) mass is 507 g/mol. The Hall–Kier alpha value is -3.65. The lowest BCUT2D eigenvalue weighted by Crippen LogP contribution is -2.31. The maximum atomic E-state index is 12.5. The number of hydrogen-bond donors (Lipinski definition) is 3. The van der Waals surface area contributed by atoms with Crippen molar-refractivity contribution in [1.82, 2.24) is 4.90 Å². The molecule has 0 saturated carbocycles. The zero-order chi connectivity index (χ0) is 27.0. The lowest BCUT2D eigenvalue weighted by Gasteiger charge is -2.30. The lowest BCUT2D eigenvalue weighted by molar-refractivity contribution is -0.139. The number of hydrogen-bond acceptors (Lipinski definition) is 5. The van der Waals surface area contributed by atoms with Gasteiger partial charge in [0.2, 0.25) is 5.91 Å². The fourth-order valence-corrected chi connectivity index (χ4v) is 4.31. The lowest BCUT2D eigenvalue weighted by atomic mass is 9.84. The van der Waals surface area contributed by atoms with Gasteiger partial charge in [-0.15, -0.1) is 0 Å². The van der Waals surface area contributed by atoms with Gasteiger partial charge >= 0.3 is 12.1 Å². The molecule has 1 aliphatic heterocycles. The highest BCUT2D eigenvalue weighted by Gasteiger charge is 2.26. The number of ether oxygens (including phenoxy) is 1. The van der Waals surface area contributed by atoms with Crippen LogP contribution >= 0.6 is 0 Å². The summed E-state index contributed by atoms with van der Waals surface area (Å²) in [7, 11) is 2.09. The Labute approximate surface area is 218 Å². The maximum absolute atomic E-state index is 12.5. The fraction of sp³-hybridized carbons (Fsp3) is 0.414. The fourth-order valence-electron chi connectivity index (χ4n) is 4.31. The smallest absolute Gasteiger partial charge is 0.412 e. The van der Waals surface area contributed by atoms with Crippen molar-refractivity contribution in [3.05, 3.63) is 65.7 Å². The number of carboxylic acids is 1. The number of amides is 2. The predicted octanol–water partition coefficient (Wildman–Crippen LogP) is 5.59. The number of nitrogens with zero attached hydrogens (tertiary/aromatic N) is 1. The molecule has 8 nitrogen and oxygen atoms in total. The van der Waals surface area contributed by atoms with E-state index < -0.39 is 23.6 Å². The topological polar surface area (TPSA) is 108 Å². The van der Waals surface area contributed by atoms with Crippen LogP contribution < -0.4 is 10.6 Å². The van der Waals surface area contributed by atoms with Gasteiger partial charge in [-0.3, -0.25) is 14.9 Å². The van der Waals surface area contributed by atoms with E-state index >= 15 is 0 Å². The number of carboxylic acid groups (broad SMARTS) is 1. The molecule has 2 amide bonds.